The molecule has 0 amide bonds. The Hall–Kier alpha value is -0.140. The summed E-state index contributed by atoms with van der Waals surface area (Å²) in [6.07, 6.45) is -4.36. The van der Waals surface area contributed by atoms with Crippen molar-refractivity contribution in [1.82, 2.24) is 10.2 Å². The normalized spacial score (nSPS) is 18.3. The lowest BCUT2D eigenvalue weighted by molar-refractivity contribution is -0.192. The standard InChI is InChI=1S/C10H12ClF3N2O.2ClH/c11-8-2-1-7(17-8)9(10(12,13)14)16-5-3-15-4-6-16;;/h1-2,9,15H,3-6H2;2*1H/t9-;;/m0../s1. The molecule has 2 rings (SSSR count). The van der Waals surface area contributed by atoms with Gasteiger partial charge in [0.2, 0.25) is 0 Å². The number of alkyl halides is 3. The Bertz CT molecular complexity index is 380. The molecule has 3 nitrogen and oxygen atoms in total. The largest absolute Gasteiger partial charge is 0.448 e. The minimum atomic E-state index is -4.36. The van der Waals surface area contributed by atoms with Crippen LogP contribution < -0.4 is 5.32 Å². The van der Waals surface area contributed by atoms with Gasteiger partial charge < -0.3 is 9.73 Å². The van der Waals surface area contributed by atoms with Crippen LogP contribution in [0.4, 0.5) is 13.2 Å². The van der Waals surface area contributed by atoms with E-state index in [0.717, 1.165) is 0 Å². The number of hydrogen-bond donors (Lipinski definition) is 1. The van der Waals surface area contributed by atoms with Crippen molar-refractivity contribution >= 4 is 36.4 Å². The van der Waals surface area contributed by atoms with Crippen molar-refractivity contribution in [3.8, 4) is 0 Å². The molecule has 0 saturated carbocycles. The van der Waals surface area contributed by atoms with E-state index in [1.54, 1.807) is 0 Å². The van der Waals surface area contributed by atoms with E-state index in [-0.39, 0.29) is 35.8 Å². The summed E-state index contributed by atoms with van der Waals surface area (Å²) in [4.78, 5) is 1.35. The van der Waals surface area contributed by atoms with Gasteiger partial charge in [-0.15, -0.1) is 24.8 Å². The Kier molecular flexibility index (Phi) is 7.54. The van der Waals surface area contributed by atoms with E-state index in [2.05, 4.69) is 5.32 Å². The first-order valence-corrected chi connectivity index (χ1v) is 5.63. The number of halogens is 6. The molecule has 1 N–H and O–H groups in total. The van der Waals surface area contributed by atoms with Crippen LogP contribution in [0.2, 0.25) is 5.22 Å². The maximum absolute atomic E-state index is 13.0. The second-order valence-electron chi connectivity index (χ2n) is 3.87. The van der Waals surface area contributed by atoms with E-state index in [4.69, 9.17) is 16.0 Å². The second kappa shape index (κ2) is 7.59. The third kappa shape index (κ3) is 4.72. The highest BCUT2D eigenvalue weighted by Crippen LogP contribution is 2.39. The third-order valence-corrected chi connectivity index (χ3v) is 2.89. The summed E-state index contributed by atoms with van der Waals surface area (Å²) in [5.74, 6) is -0.149. The topological polar surface area (TPSA) is 28.4 Å². The number of rotatable bonds is 2. The Labute approximate surface area is 126 Å². The fourth-order valence-electron chi connectivity index (χ4n) is 1.96. The molecule has 1 aliphatic rings. The summed E-state index contributed by atoms with van der Waals surface area (Å²) in [6, 6.07) is 0.900. The summed E-state index contributed by atoms with van der Waals surface area (Å²) in [5.41, 5.74) is 0. The van der Waals surface area contributed by atoms with Crippen molar-refractivity contribution in [3.05, 3.63) is 23.1 Å². The molecule has 1 fully saturated rings. The minimum absolute atomic E-state index is 0. The van der Waals surface area contributed by atoms with Gasteiger partial charge in [0, 0.05) is 26.2 Å². The van der Waals surface area contributed by atoms with Crippen molar-refractivity contribution in [2.24, 2.45) is 0 Å². The Morgan fingerprint density at radius 2 is 1.79 bits per heavy atom. The molecule has 2 heterocycles. The summed E-state index contributed by atoms with van der Waals surface area (Å²) in [5, 5.41) is 2.99. The minimum Gasteiger partial charge on any atom is -0.448 e. The maximum Gasteiger partial charge on any atom is 0.411 e. The summed E-state index contributed by atoms with van der Waals surface area (Å²) in [6.45, 7) is 1.76. The van der Waals surface area contributed by atoms with E-state index < -0.39 is 12.2 Å². The summed E-state index contributed by atoms with van der Waals surface area (Å²) >= 11 is 5.53. The molecule has 0 spiro atoms. The van der Waals surface area contributed by atoms with E-state index in [1.807, 2.05) is 0 Å². The van der Waals surface area contributed by atoms with Crippen molar-refractivity contribution in [2.45, 2.75) is 12.2 Å². The van der Waals surface area contributed by atoms with Crippen LogP contribution in [-0.2, 0) is 0 Å². The lowest BCUT2D eigenvalue weighted by Gasteiger charge is -2.34. The van der Waals surface area contributed by atoms with Gasteiger partial charge in [-0.2, -0.15) is 13.2 Å². The molecular formula is C10H14Cl3F3N2O. The monoisotopic (exact) mass is 340 g/mol. The Morgan fingerprint density at radius 3 is 2.21 bits per heavy atom. The Balaban J connectivity index is 0.00000162. The zero-order chi connectivity index (χ0) is 12.5. The first kappa shape index (κ1) is 18.9. The molecule has 0 bridgehead atoms. The molecule has 19 heavy (non-hydrogen) atoms. The first-order chi connectivity index (χ1) is 7.98. The molecule has 1 aliphatic heterocycles. The molecular weight excluding hydrogens is 327 g/mol. The lowest BCUT2D eigenvalue weighted by Crippen LogP contribution is -2.48. The molecule has 1 aromatic rings. The summed E-state index contributed by atoms with van der Waals surface area (Å²) < 4.78 is 44.0. The van der Waals surface area contributed by atoms with Gasteiger partial charge >= 0.3 is 6.18 Å². The van der Waals surface area contributed by atoms with Gasteiger partial charge in [-0.3, -0.25) is 4.90 Å². The van der Waals surface area contributed by atoms with Crippen molar-refractivity contribution < 1.29 is 17.6 Å². The van der Waals surface area contributed by atoms with E-state index in [0.29, 0.717) is 26.2 Å². The van der Waals surface area contributed by atoms with Gasteiger partial charge in [0.25, 0.3) is 0 Å². The molecule has 0 radical (unpaired) electrons. The average Bonchev–Trinajstić information content (AvgIpc) is 2.64. The predicted molar refractivity (Wildman–Crippen MR) is 71.5 cm³/mol. The molecule has 0 unspecified atom stereocenters. The van der Waals surface area contributed by atoms with Crippen molar-refractivity contribution in [3.63, 3.8) is 0 Å². The fraction of sp³-hybridized carbons (Fsp3) is 0.600. The number of nitrogens with one attached hydrogen (secondary N) is 1. The highest BCUT2D eigenvalue weighted by molar-refractivity contribution is 6.28. The van der Waals surface area contributed by atoms with E-state index in [1.165, 1.54) is 17.0 Å². The molecule has 1 atom stereocenters. The highest BCUT2D eigenvalue weighted by Gasteiger charge is 2.46. The highest BCUT2D eigenvalue weighted by atomic mass is 35.5. The van der Waals surface area contributed by atoms with Crippen LogP contribution in [0.3, 0.4) is 0 Å². The average molecular weight is 342 g/mol. The van der Waals surface area contributed by atoms with Crippen LogP contribution in [0.15, 0.2) is 16.5 Å². The Morgan fingerprint density at radius 1 is 1.21 bits per heavy atom. The van der Waals surface area contributed by atoms with Crippen molar-refractivity contribution in [1.29, 1.82) is 0 Å². The van der Waals surface area contributed by atoms with Crippen LogP contribution in [0.5, 0.6) is 0 Å². The van der Waals surface area contributed by atoms with Gasteiger partial charge in [-0.25, -0.2) is 0 Å². The molecule has 112 valence electrons. The van der Waals surface area contributed by atoms with Crippen LogP contribution in [-0.4, -0.2) is 37.3 Å². The van der Waals surface area contributed by atoms with Crippen molar-refractivity contribution in [2.75, 3.05) is 26.2 Å². The third-order valence-electron chi connectivity index (χ3n) is 2.69. The molecule has 9 heteroatoms. The van der Waals surface area contributed by atoms with E-state index in [9.17, 15) is 13.2 Å². The maximum atomic E-state index is 13.0. The van der Waals surface area contributed by atoms with Crippen LogP contribution in [0.1, 0.15) is 11.8 Å². The zero-order valence-corrected chi connectivity index (χ0v) is 12.1. The molecule has 1 saturated heterocycles. The number of piperazine rings is 1. The second-order valence-corrected chi connectivity index (χ2v) is 4.24. The molecule has 0 aliphatic carbocycles. The van der Waals surface area contributed by atoms with Gasteiger partial charge in [-0.1, -0.05) is 0 Å². The fourth-order valence-corrected chi connectivity index (χ4v) is 2.12. The first-order valence-electron chi connectivity index (χ1n) is 5.25. The van der Waals surface area contributed by atoms with Crippen LogP contribution in [0.25, 0.3) is 0 Å². The van der Waals surface area contributed by atoms with Crippen LogP contribution in [0, 0.1) is 0 Å². The molecule has 1 aromatic heterocycles. The smallest absolute Gasteiger partial charge is 0.411 e. The van der Waals surface area contributed by atoms with Gasteiger partial charge in [0.05, 0.1) is 0 Å². The number of furan rings is 1. The molecule has 0 aromatic carbocycles. The number of hydrogen-bond acceptors (Lipinski definition) is 3. The lowest BCUT2D eigenvalue weighted by atomic mass is 10.1. The van der Waals surface area contributed by atoms with Gasteiger partial charge in [0.1, 0.15) is 5.76 Å². The quantitative estimate of drug-likeness (QED) is 0.895. The predicted octanol–water partition coefficient (Wildman–Crippen LogP) is 3.29. The zero-order valence-electron chi connectivity index (χ0n) is 9.74. The summed E-state index contributed by atoms with van der Waals surface area (Å²) in [7, 11) is 0. The number of nitrogens with zero attached hydrogens (tertiary/aromatic N) is 1. The van der Waals surface area contributed by atoms with Crippen LogP contribution >= 0.6 is 36.4 Å². The van der Waals surface area contributed by atoms with Gasteiger partial charge in [0.15, 0.2) is 11.3 Å². The van der Waals surface area contributed by atoms with E-state index >= 15 is 0 Å². The van der Waals surface area contributed by atoms with Gasteiger partial charge in [-0.05, 0) is 23.7 Å². The SMILES string of the molecule is Cl.Cl.FC(F)(F)[C@H](c1ccc(Cl)o1)N1CCNCC1.